The van der Waals surface area contributed by atoms with Crippen LogP contribution in [0.5, 0.6) is 11.5 Å². The van der Waals surface area contributed by atoms with Gasteiger partial charge in [-0.3, -0.25) is 0 Å². The topological polar surface area (TPSA) is 83.2 Å². The van der Waals surface area contributed by atoms with Crippen LogP contribution in [0.25, 0.3) is 22.6 Å². The van der Waals surface area contributed by atoms with E-state index in [4.69, 9.17) is 14.0 Å². The summed E-state index contributed by atoms with van der Waals surface area (Å²) in [5.74, 6) is 2.79. The Kier molecular flexibility index (Phi) is 5.71. The van der Waals surface area contributed by atoms with Gasteiger partial charge in [-0.15, -0.1) is 10.2 Å². The van der Waals surface area contributed by atoms with Crippen LogP contribution in [0.15, 0.2) is 70.2 Å². The fourth-order valence-electron chi connectivity index (χ4n) is 2.66. The Morgan fingerprint density at radius 3 is 2.28 bits per heavy atom. The summed E-state index contributed by atoms with van der Waals surface area (Å²) in [5, 5.41) is 13.4. The molecule has 8 heteroatoms. The molecule has 2 aromatic heterocycles. The van der Waals surface area contributed by atoms with Crippen molar-refractivity contribution in [3.8, 4) is 34.1 Å². The number of aromatic nitrogens is 4. The van der Waals surface area contributed by atoms with Gasteiger partial charge in [0.1, 0.15) is 16.5 Å². The molecule has 29 heavy (non-hydrogen) atoms. The third-order valence-corrected chi connectivity index (χ3v) is 5.04. The van der Waals surface area contributed by atoms with Crippen LogP contribution in [0.1, 0.15) is 5.89 Å². The van der Waals surface area contributed by atoms with Crippen LogP contribution < -0.4 is 9.47 Å². The van der Waals surface area contributed by atoms with Crippen LogP contribution >= 0.6 is 11.8 Å². The highest BCUT2D eigenvalue weighted by Gasteiger charge is 2.12. The molecule has 0 spiro atoms. The fraction of sp³-hybridized carbons (Fsp3) is 0.143. The summed E-state index contributed by atoms with van der Waals surface area (Å²) in [7, 11) is 3.20. The van der Waals surface area contributed by atoms with E-state index in [0.717, 1.165) is 21.8 Å². The first-order valence-corrected chi connectivity index (χ1v) is 9.81. The zero-order valence-corrected chi connectivity index (χ0v) is 16.7. The molecule has 0 radical (unpaired) electrons. The Balaban J connectivity index is 1.43. The maximum atomic E-state index is 5.37. The van der Waals surface area contributed by atoms with Crippen molar-refractivity contribution in [2.24, 2.45) is 0 Å². The van der Waals surface area contributed by atoms with Crippen molar-refractivity contribution in [3.05, 3.63) is 66.6 Å². The molecule has 0 atom stereocenters. The van der Waals surface area contributed by atoms with Crippen molar-refractivity contribution in [1.29, 1.82) is 0 Å². The molecule has 2 aromatic carbocycles. The number of benzene rings is 2. The average molecular weight is 406 g/mol. The number of hydrogen-bond donors (Lipinski definition) is 0. The second kappa shape index (κ2) is 8.74. The standard InChI is InChI=1S/C21H18N4O3S/c1-26-16-10-15(11-17(12-16)27-2)21-22-19(28-25-21)13-29-20-9-8-18(23-24-20)14-6-4-3-5-7-14/h3-12H,13H2,1-2H3. The highest BCUT2D eigenvalue weighted by molar-refractivity contribution is 7.98. The summed E-state index contributed by atoms with van der Waals surface area (Å²) in [6, 6.07) is 19.3. The smallest absolute Gasteiger partial charge is 0.237 e. The summed E-state index contributed by atoms with van der Waals surface area (Å²) in [5.41, 5.74) is 2.63. The monoisotopic (exact) mass is 406 g/mol. The van der Waals surface area contributed by atoms with Crippen LogP contribution in [0.2, 0.25) is 0 Å². The molecule has 0 aliphatic rings. The SMILES string of the molecule is COc1cc(OC)cc(-c2noc(CSc3ccc(-c4ccccc4)nn3)n2)c1. The van der Waals surface area contributed by atoms with E-state index in [2.05, 4.69) is 20.3 Å². The second-order valence-electron chi connectivity index (χ2n) is 6.02. The molecule has 0 saturated heterocycles. The van der Waals surface area contributed by atoms with Gasteiger partial charge in [0.15, 0.2) is 0 Å². The van der Waals surface area contributed by atoms with E-state index in [1.54, 1.807) is 20.3 Å². The molecule has 0 N–H and O–H groups in total. The quantitative estimate of drug-likeness (QED) is 0.415. The van der Waals surface area contributed by atoms with E-state index in [0.29, 0.717) is 29.0 Å². The van der Waals surface area contributed by atoms with E-state index in [-0.39, 0.29) is 0 Å². The number of ether oxygens (including phenoxy) is 2. The molecule has 0 bridgehead atoms. The lowest BCUT2D eigenvalue weighted by Crippen LogP contribution is -1.91. The Morgan fingerprint density at radius 1 is 0.862 bits per heavy atom. The second-order valence-corrected chi connectivity index (χ2v) is 7.02. The Labute approximate surface area is 172 Å². The first kappa shape index (κ1) is 18.9. The van der Waals surface area contributed by atoms with Gasteiger partial charge in [-0.2, -0.15) is 4.98 Å². The van der Waals surface area contributed by atoms with Gasteiger partial charge in [0.05, 0.1) is 25.7 Å². The van der Waals surface area contributed by atoms with E-state index in [1.165, 1.54) is 11.8 Å². The molecular formula is C21H18N4O3S. The Bertz CT molecular complexity index is 1060. The highest BCUT2D eigenvalue weighted by atomic mass is 32.2. The summed E-state index contributed by atoms with van der Waals surface area (Å²) >= 11 is 1.48. The number of thioether (sulfide) groups is 1. The third kappa shape index (κ3) is 4.55. The average Bonchev–Trinajstić information content (AvgIpc) is 3.27. The largest absolute Gasteiger partial charge is 0.497 e. The van der Waals surface area contributed by atoms with E-state index in [1.807, 2.05) is 54.6 Å². The molecule has 4 aromatic rings. The van der Waals surface area contributed by atoms with E-state index < -0.39 is 0 Å². The van der Waals surface area contributed by atoms with Crippen molar-refractivity contribution in [1.82, 2.24) is 20.3 Å². The van der Waals surface area contributed by atoms with Crippen LogP contribution in [0.4, 0.5) is 0 Å². The number of hydrogen-bond acceptors (Lipinski definition) is 8. The maximum absolute atomic E-state index is 5.37. The molecular weight excluding hydrogens is 388 g/mol. The molecule has 7 nitrogen and oxygen atoms in total. The lowest BCUT2D eigenvalue weighted by molar-refractivity contribution is 0.390. The van der Waals surface area contributed by atoms with Gasteiger partial charge in [-0.05, 0) is 24.3 Å². The van der Waals surface area contributed by atoms with Crippen LogP contribution in [0, 0.1) is 0 Å². The van der Waals surface area contributed by atoms with Gasteiger partial charge in [0.2, 0.25) is 11.7 Å². The molecule has 146 valence electrons. The van der Waals surface area contributed by atoms with Crippen molar-refractivity contribution >= 4 is 11.8 Å². The first-order valence-electron chi connectivity index (χ1n) is 8.83. The van der Waals surface area contributed by atoms with Gasteiger partial charge in [0.25, 0.3) is 0 Å². The number of nitrogens with zero attached hydrogens (tertiary/aromatic N) is 4. The first-order chi connectivity index (χ1) is 14.2. The highest BCUT2D eigenvalue weighted by Crippen LogP contribution is 2.29. The molecule has 0 fully saturated rings. The predicted molar refractivity (Wildman–Crippen MR) is 110 cm³/mol. The molecule has 0 aliphatic heterocycles. The number of methoxy groups -OCH3 is 2. The molecule has 0 saturated carbocycles. The van der Waals surface area contributed by atoms with Gasteiger partial charge in [-0.1, -0.05) is 47.3 Å². The van der Waals surface area contributed by atoms with E-state index in [9.17, 15) is 0 Å². The zero-order chi connectivity index (χ0) is 20.1. The summed E-state index contributed by atoms with van der Waals surface area (Å²) in [4.78, 5) is 4.45. The van der Waals surface area contributed by atoms with Gasteiger partial charge >= 0.3 is 0 Å². The van der Waals surface area contributed by atoms with Crippen LogP contribution in [-0.4, -0.2) is 34.6 Å². The predicted octanol–water partition coefficient (Wildman–Crippen LogP) is 4.50. The van der Waals surface area contributed by atoms with Crippen LogP contribution in [0.3, 0.4) is 0 Å². The van der Waals surface area contributed by atoms with Crippen molar-refractivity contribution in [2.45, 2.75) is 10.8 Å². The molecule has 0 amide bonds. The van der Waals surface area contributed by atoms with Crippen molar-refractivity contribution in [2.75, 3.05) is 14.2 Å². The molecule has 0 aliphatic carbocycles. The summed E-state index contributed by atoms with van der Waals surface area (Å²) in [6.07, 6.45) is 0. The minimum Gasteiger partial charge on any atom is -0.497 e. The van der Waals surface area contributed by atoms with E-state index >= 15 is 0 Å². The summed E-state index contributed by atoms with van der Waals surface area (Å²) < 4.78 is 15.9. The zero-order valence-electron chi connectivity index (χ0n) is 15.9. The Morgan fingerprint density at radius 2 is 1.62 bits per heavy atom. The third-order valence-electron chi connectivity index (χ3n) is 4.13. The molecule has 2 heterocycles. The lowest BCUT2D eigenvalue weighted by atomic mass is 10.1. The lowest BCUT2D eigenvalue weighted by Gasteiger charge is -2.05. The maximum Gasteiger partial charge on any atom is 0.237 e. The molecule has 4 rings (SSSR count). The van der Waals surface area contributed by atoms with Gasteiger partial charge in [0, 0.05) is 17.2 Å². The normalized spacial score (nSPS) is 10.7. The summed E-state index contributed by atoms with van der Waals surface area (Å²) in [6.45, 7) is 0. The van der Waals surface area contributed by atoms with Gasteiger partial charge < -0.3 is 14.0 Å². The number of rotatable bonds is 7. The molecule has 0 unspecified atom stereocenters. The van der Waals surface area contributed by atoms with Crippen LogP contribution in [-0.2, 0) is 5.75 Å². The van der Waals surface area contributed by atoms with Gasteiger partial charge in [-0.25, -0.2) is 0 Å². The Hall–Kier alpha value is -3.39. The fourth-order valence-corrected chi connectivity index (χ4v) is 3.31. The minimum absolute atomic E-state index is 0.475. The van der Waals surface area contributed by atoms with Crippen molar-refractivity contribution < 1.29 is 14.0 Å². The minimum atomic E-state index is 0.475. The van der Waals surface area contributed by atoms with Crippen molar-refractivity contribution in [3.63, 3.8) is 0 Å².